The van der Waals surface area contributed by atoms with Crippen LogP contribution in [0.1, 0.15) is 53.0 Å². The third-order valence-electron chi connectivity index (χ3n) is 7.74. The van der Waals surface area contributed by atoms with E-state index in [9.17, 15) is 4.79 Å². The molecule has 2 saturated heterocycles. The van der Waals surface area contributed by atoms with Gasteiger partial charge in [-0.3, -0.25) is 14.4 Å². The first-order valence-corrected chi connectivity index (χ1v) is 12.3. The van der Waals surface area contributed by atoms with Crippen molar-refractivity contribution in [1.82, 2.24) is 19.6 Å². The fourth-order valence-corrected chi connectivity index (χ4v) is 5.71. The molecule has 172 valence electrons. The van der Waals surface area contributed by atoms with E-state index >= 15 is 0 Å². The van der Waals surface area contributed by atoms with Gasteiger partial charge in [0.25, 0.3) is 5.91 Å². The van der Waals surface area contributed by atoms with E-state index in [-0.39, 0.29) is 12.0 Å². The van der Waals surface area contributed by atoms with Gasteiger partial charge in [0.1, 0.15) is 0 Å². The standard InChI is InChI=1S/C26H36N4O2/c1-19-14-25(27-28(19)2)26(31)30(18-24-8-5-13-32-24)17-20-9-11-29(12-10-20)23-15-21-6-3-4-7-22(21)16-23/h3-4,6-7,14,20,23-24H,5,8-13,15-18H2,1-2H3/t24-/m0/s1. The van der Waals surface area contributed by atoms with Gasteiger partial charge in [0.2, 0.25) is 0 Å². The van der Waals surface area contributed by atoms with Crippen molar-refractivity contribution >= 4 is 5.91 Å². The number of amides is 1. The number of rotatable bonds is 6. The average Bonchev–Trinajstić information content (AvgIpc) is 3.54. The van der Waals surface area contributed by atoms with E-state index in [4.69, 9.17) is 4.74 Å². The van der Waals surface area contributed by atoms with Crippen molar-refractivity contribution in [1.29, 1.82) is 0 Å². The van der Waals surface area contributed by atoms with Crippen LogP contribution in [0, 0.1) is 12.8 Å². The highest BCUT2D eigenvalue weighted by atomic mass is 16.5. The first-order valence-electron chi connectivity index (χ1n) is 12.3. The summed E-state index contributed by atoms with van der Waals surface area (Å²) < 4.78 is 7.66. The molecule has 3 aliphatic rings. The number of hydrogen-bond donors (Lipinski definition) is 0. The first-order chi connectivity index (χ1) is 15.6. The Morgan fingerprint density at radius 3 is 2.44 bits per heavy atom. The first kappa shape index (κ1) is 21.7. The number of aryl methyl sites for hydroxylation is 2. The third-order valence-corrected chi connectivity index (χ3v) is 7.74. The fraction of sp³-hybridized carbons (Fsp3) is 0.615. The zero-order valence-electron chi connectivity index (χ0n) is 19.5. The van der Waals surface area contributed by atoms with Gasteiger partial charge in [-0.05, 0) is 81.6 Å². The summed E-state index contributed by atoms with van der Waals surface area (Å²) in [6.45, 7) is 6.57. The van der Waals surface area contributed by atoms with Crippen molar-refractivity contribution in [3.8, 4) is 0 Å². The summed E-state index contributed by atoms with van der Waals surface area (Å²) in [6.07, 6.45) is 6.99. The van der Waals surface area contributed by atoms with E-state index in [0.717, 1.165) is 57.6 Å². The smallest absolute Gasteiger partial charge is 0.274 e. The molecule has 0 radical (unpaired) electrons. The van der Waals surface area contributed by atoms with Crippen molar-refractivity contribution in [2.75, 3.05) is 32.8 Å². The molecule has 5 rings (SSSR count). The van der Waals surface area contributed by atoms with Crippen LogP contribution >= 0.6 is 0 Å². The molecular formula is C26H36N4O2. The molecule has 1 aromatic carbocycles. The van der Waals surface area contributed by atoms with Crippen LogP contribution in [0.2, 0.25) is 0 Å². The number of ether oxygens (including phenoxy) is 1. The SMILES string of the molecule is Cc1cc(C(=O)N(CC2CCN(C3Cc4ccccc4C3)CC2)C[C@@H]2CCCO2)nn1C. The molecule has 1 atom stereocenters. The van der Waals surface area contributed by atoms with Crippen LogP contribution in [-0.2, 0) is 24.6 Å². The molecule has 2 aliphatic heterocycles. The number of carbonyl (C=O) groups is 1. The van der Waals surface area contributed by atoms with Gasteiger partial charge in [0.15, 0.2) is 5.69 Å². The molecule has 1 aliphatic carbocycles. The topological polar surface area (TPSA) is 50.6 Å². The fourth-order valence-electron chi connectivity index (χ4n) is 5.71. The molecule has 0 saturated carbocycles. The Labute approximate surface area is 191 Å². The van der Waals surface area contributed by atoms with E-state index in [2.05, 4.69) is 34.3 Å². The second kappa shape index (κ2) is 9.36. The van der Waals surface area contributed by atoms with Gasteiger partial charge in [0, 0.05) is 38.5 Å². The monoisotopic (exact) mass is 436 g/mol. The van der Waals surface area contributed by atoms with Gasteiger partial charge in [-0.15, -0.1) is 0 Å². The van der Waals surface area contributed by atoms with Crippen LogP contribution in [-0.4, -0.2) is 70.4 Å². The Kier molecular flexibility index (Phi) is 6.33. The Balaban J connectivity index is 1.20. The third kappa shape index (κ3) is 4.62. The lowest BCUT2D eigenvalue weighted by Gasteiger charge is -2.38. The molecule has 0 N–H and O–H groups in total. The highest BCUT2D eigenvalue weighted by molar-refractivity contribution is 5.92. The lowest BCUT2D eigenvalue weighted by atomic mass is 9.94. The maximum Gasteiger partial charge on any atom is 0.274 e. The molecule has 0 bridgehead atoms. The van der Waals surface area contributed by atoms with E-state index < -0.39 is 0 Å². The van der Waals surface area contributed by atoms with Gasteiger partial charge in [-0.25, -0.2) is 0 Å². The zero-order chi connectivity index (χ0) is 22.1. The summed E-state index contributed by atoms with van der Waals surface area (Å²) in [6, 6.07) is 11.5. The van der Waals surface area contributed by atoms with Crippen LogP contribution in [0.15, 0.2) is 30.3 Å². The maximum absolute atomic E-state index is 13.4. The molecule has 0 unspecified atom stereocenters. The summed E-state index contributed by atoms with van der Waals surface area (Å²) in [5, 5.41) is 4.46. The van der Waals surface area contributed by atoms with Crippen molar-refractivity contribution in [3.63, 3.8) is 0 Å². The lowest BCUT2D eigenvalue weighted by Crippen LogP contribution is -2.46. The largest absolute Gasteiger partial charge is 0.376 e. The van der Waals surface area contributed by atoms with E-state index in [1.54, 1.807) is 4.68 Å². The van der Waals surface area contributed by atoms with Crippen LogP contribution in [0.3, 0.4) is 0 Å². The average molecular weight is 437 g/mol. The second-order valence-corrected chi connectivity index (χ2v) is 9.95. The Bertz CT molecular complexity index is 897. The highest BCUT2D eigenvalue weighted by Crippen LogP contribution is 2.29. The number of hydrogen-bond acceptors (Lipinski definition) is 4. The van der Waals surface area contributed by atoms with E-state index in [1.807, 2.05) is 24.9 Å². The number of piperidine rings is 1. The molecule has 6 nitrogen and oxygen atoms in total. The Hall–Kier alpha value is -2.18. The Morgan fingerprint density at radius 2 is 1.84 bits per heavy atom. The zero-order valence-corrected chi connectivity index (χ0v) is 19.5. The quantitative estimate of drug-likeness (QED) is 0.698. The normalized spacial score (nSPS) is 22.4. The summed E-state index contributed by atoms with van der Waals surface area (Å²) >= 11 is 0. The molecular weight excluding hydrogens is 400 g/mol. The molecule has 0 spiro atoms. The molecule has 1 amide bonds. The summed E-state index contributed by atoms with van der Waals surface area (Å²) in [5.74, 6) is 0.600. The van der Waals surface area contributed by atoms with Gasteiger partial charge >= 0.3 is 0 Å². The summed E-state index contributed by atoms with van der Waals surface area (Å²) in [5.41, 5.74) is 4.62. The van der Waals surface area contributed by atoms with Gasteiger partial charge in [-0.1, -0.05) is 24.3 Å². The lowest BCUT2D eigenvalue weighted by molar-refractivity contribution is 0.0425. The van der Waals surface area contributed by atoms with Gasteiger partial charge in [0.05, 0.1) is 6.10 Å². The van der Waals surface area contributed by atoms with E-state index in [1.165, 1.54) is 24.0 Å². The molecule has 6 heteroatoms. The van der Waals surface area contributed by atoms with Gasteiger partial charge < -0.3 is 9.64 Å². The number of aromatic nitrogens is 2. The minimum Gasteiger partial charge on any atom is -0.376 e. The molecule has 3 heterocycles. The maximum atomic E-state index is 13.4. The molecule has 2 fully saturated rings. The van der Waals surface area contributed by atoms with Crippen LogP contribution in [0.5, 0.6) is 0 Å². The molecule has 2 aromatic rings. The van der Waals surface area contributed by atoms with Crippen LogP contribution in [0.25, 0.3) is 0 Å². The summed E-state index contributed by atoms with van der Waals surface area (Å²) in [4.78, 5) is 18.1. The van der Waals surface area contributed by atoms with Crippen LogP contribution < -0.4 is 0 Å². The Morgan fingerprint density at radius 1 is 1.12 bits per heavy atom. The predicted molar refractivity (Wildman–Crippen MR) is 125 cm³/mol. The number of fused-ring (bicyclic) bond motifs is 1. The number of benzene rings is 1. The van der Waals surface area contributed by atoms with Crippen molar-refractivity contribution in [3.05, 3.63) is 52.8 Å². The molecule has 32 heavy (non-hydrogen) atoms. The predicted octanol–water partition coefficient (Wildman–Crippen LogP) is 3.23. The van der Waals surface area contributed by atoms with Crippen molar-refractivity contribution in [2.45, 2.75) is 57.6 Å². The molecule has 1 aromatic heterocycles. The van der Waals surface area contributed by atoms with Crippen molar-refractivity contribution < 1.29 is 9.53 Å². The number of nitrogens with zero attached hydrogens (tertiary/aromatic N) is 4. The number of likely N-dealkylation sites (tertiary alicyclic amines) is 1. The minimum atomic E-state index is 0.0536. The van der Waals surface area contributed by atoms with Crippen molar-refractivity contribution in [2.24, 2.45) is 13.0 Å². The van der Waals surface area contributed by atoms with Crippen LogP contribution in [0.4, 0.5) is 0 Å². The second-order valence-electron chi connectivity index (χ2n) is 9.95. The highest BCUT2D eigenvalue weighted by Gasteiger charge is 2.32. The van der Waals surface area contributed by atoms with E-state index in [0.29, 0.717) is 24.2 Å². The number of carbonyl (C=O) groups excluding carboxylic acids is 1. The minimum absolute atomic E-state index is 0.0536. The van der Waals surface area contributed by atoms with Gasteiger partial charge in [-0.2, -0.15) is 5.10 Å². The summed E-state index contributed by atoms with van der Waals surface area (Å²) in [7, 11) is 1.90.